The molecule has 1 amide bonds. The third kappa shape index (κ3) is 2.16. The van der Waals surface area contributed by atoms with Crippen molar-refractivity contribution in [3.05, 3.63) is 23.8 Å². The Bertz CT molecular complexity index is 520. The summed E-state index contributed by atoms with van der Waals surface area (Å²) in [6.45, 7) is -0.137. The number of ether oxygens (including phenoxy) is 3. The summed E-state index contributed by atoms with van der Waals surface area (Å²) < 4.78 is 42.4. The van der Waals surface area contributed by atoms with Gasteiger partial charge in [-0.25, -0.2) is 13.6 Å². The third-order valence-corrected chi connectivity index (χ3v) is 2.98. The van der Waals surface area contributed by atoms with Crippen molar-refractivity contribution < 1.29 is 27.8 Å². The molecule has 1 fully saturated rings. The van der Waals surface area contributed by atoms with E-state index in [1.54, 1.807) is 6.07 Å². The molecule has 3 rings (SSSR count). The SMILES string of the molecule is O=C1N[C@@H](c2ccc3c(c2)OCCO3)C(F)(F)CO1. The molecular formula is C12H11F2NO4. The quantitative estimate of drug-likeness (QED) is 0.847. The van der Waals surface area contributed by atoms with Gasteiger partial charge < -0.3 is 19.5 Å². The molecule has 0 saturated carbocycles. The highest BCUT2D eigenvalue weighted by molar-refractivity contribution is 5.69. The van der Waals surface area contributed by atoms with Gasteiger partial charge in [0.05, 0.1) is 0 Å². The van der Waals surface area contributed by atoms with Gasteiger partial charge in [-0.2, -0.15) is 0 Å². The smallest absolute Gasteiger partial charge is 0.408 e. The Balaban J connectivity index is 1.94. The molecule has 1 saturated heterocycles. The maximum atomic E-state index is 13.7. The van der Waals surface area contributed by atoms with Crippen LogP contribution in [0.2, 0.25) is 0 Å². The molecule has 1 N–H and O–H groups in total. The molecule has 5 nitrogen and oxygen atoms in total. The highest BCUT2D eigenvalue weighted by Crippen LogP contribution is 2.38. The topological polar surface area (TPSA) is 56.8 Å². The number of halogens is 2. The molecule has 0 radical (unpaired) electrons. The van der Waals surface area contributed by atoms with Crippen molar-refractivity contribution in [3.8, 4) is 11.5 Å². The minimum absolute atomic E-state index is 0.255. The predicted molar refractivity (Wildman–Crippen MR) is 59.6 cm³/mol. The second-order valence-corrected chi connectivity index (χ2v) is 4.32. The van der Waals surface area contributed by atoms with E-state index in [1.165, 1.54) is 12.1 Å². The van der Waals surface area contributed by atoms with E-state index in [9.17, 15) is 13.6 Å². The van der Waals surface area contributed by atoms with E-state index in [2.05, 4.69) is 10.1 Å². The summed E-state index contributed by atoms with van der Waals surface area (Å²) in [5.41, 5.74) is 0.255. The first-order chi connectivity index (χ1) is 9.06. The van der Waals surface area contributed by atoms with Crippen LogP contribution < -0.4 is 14.8 Å². The summed E-state index contributed by atoms with van der Waals surface area (Å²) in [5.74, 6) is -2.26. The van der Waals surface area contributed by atoms with Crippen LogP contribution in [0.1, 0.15) is 11.6 Å². The fourth-order valence-electron chi connectivity index (χ4n) is 2.08. The lowest BCUT2D eigenvalue weighted by Crippen LogP contribution is -2.49. The van der Waals surface area contributed by atoms with Crippen LogP contribution in [0.25, 0.3) is 0 Å². The summed E-state index contributed by atoms with van der Waals surface area (Å²) in [6, 6.07) is 3.07. The molecule has 1 aromatic carbocycles. The van der Waals surface area contributed by atoms with Gasteiger partial charge >= 0.3 is 12.0 Å². The number of hydrogen-bond acceptors (Lipinski definition) is 4. The van der Waals surface area contributed by atoms with Gasteiger partial charge in [-0.05, 0) is 17.7 Å². The average Bonchev–Trinajstić information content (AvgIpc) is 2.41. The zero-order valence-corrected chi connectivity index (χ0v) is 9.82. The van der Waals surface area contributed by atoms with E-state index in [0.29, 0.717) is 24.7 Å². The number of fused-ring (bicyclic) bond motifs is 1. The third-order valence-electron chi connectivity index (χ3n) is 2.98. The number of carbonyl (C=O) groups is 1. The molecule has 1 atom stereocenters. The molecule has 102 valence electrons. The van der Waals surface area contributed by atoms with Crippen molar-refractivity contribution in [3.63, 3.8) is 0 Å². The van der Waals surface area contributed by atoms with Gasteiger partial charge in [0.15, 0.2) is 18.1 Å². The fourth-order valence-corrected chi connectivity index (χ4v) is 2.08. The van der Waals surface area contributed by atoms with E-state index in [0.717, 1.165) is 0 Å². The van der Waals surface area contributed by atoms with Gasteiger partial charge in [-0.3, -0.25) is 0 Å². The van der Waals surface area contributed by atoms with Gasteiger partial charge in [-0.15, -0.1) is 0 Å². The van der Waals surface area contributed by atoms with E-state index in [-0.39, 0.29) is 5.56 Å². The van der Waals surface area contributed by atoms with Crippen LogP contribution in [0.5, 0.6) is 11.5 Å². The molecule has 0 spiro atoms. The van der Waals surface area contributed by atoms with Crippen LogP contribution in [0, 0.1) is 0 Å². The molecule has 0 aliphatic carbocycles. The number of nitrogens with one attached hydrogen (secondary N) is 1. The van der Waals surface area contributed by atoms with Crippen LogP contribution in [0.4, 0.5) is 13.6 Å². The van der Waals surface area contributed by atoms with Gasteiger partial charge in [-0.1, -0.05) is 6.07 Å². The minimum atomic E-state index is -3.17. The summed E-state index contributed by atoms with van der Waals surface area (Å²) in [4.78, 5) is 11.1. The Morgan fingerprint density at radius 1 is 1.16 bits per heavy atom. The van der Waals surface area contributed by atoms with Crippen molar-refractivity contribution in [2.45, 2.75) is 12.0 Å². The number of amides is 1. The van der Waals surface area contributed by atoms with Crippen molar-refractivity contribution in [2.24, 2.45) is 0 Å². The zero-order valence-electron chi connectivity index (χ0n) is 9.82. The maximum Gasteiger partial charge on any atom is 0.408 e. The molecule has 0 aromatic heterocycles. The Kier molecular flexibility index (Phi) is 2.69. The van der Waals surface area contributed by atoms with Crippen LogP contribution in [-0.2, 0) is 4.74 Å². The predicted octanol–water partition coefficient (Wildman–Crippen LogP) is 1.87. The molecule has 2 heterocycles. The largest absolute Gasteiger partial charge is 0.486 e. The van der Waals surface area contributed by atoms with Gasteiger partial charge in [0.1, 0.15) is 19.3 Å². The first-order valence-corrected chi connectivity index (χ1v) is 5.77. The normalized spacial score (nSPS) is 24.3. The lowest BCUT2D eigenvalue weighted by molar-refractivity contribution is -0.104. The van der Waals surface area contributed by atoms with Crippen molar-refractivity contribution in [1.82, 2.24) is 5.32 Å². The van der Waals surface area contributed by atoms with Crippen LogP contribution >= 0.6 is 0 Å². The van der Waals surface area contributed by atoms with Crippen molar-refractivity contribution >= 4 is 6.09 Å². The first-order valence-electron chi connectivity index (χ1n) is 5.77. The van der Waals surface area contributed by atoms with Crippen LogP contribution in [0.15, 0.2) is 18.2 Å². The fraction of sp³-hybridized carbons (Fsp3) is 0.417. The number of benzene rings is 1. The van der Waals surface area contributed by atoms with E-state index >= 15 is 0 Å². The molecule has 1 aromatic rings. The summed E-state index contributed by atoms with van der Waals surface area (Å²) >= 11 is 0. The van der Waals surface area contributed by atoms with E-state index < -0.39 is 24.7 Å². The number of carbonyl (C=O) groups excluding carboxylic acids is 1. The maximum absolute atomic E-state index is 13.7. The lowest BCUT2D eigenvalue weighted by Gasteiger charge is -2.32. The van der Waals surface area contributed by atoms with Crippen LogP contribution in [-0.4, -0.2) is 31.8 Å². The highest BCUT2D eigenvalue weighted by Gasteiger charge is 2.47. The lowest BCUT2D eigenvalue weighted by atomic mass is 9.99. The van der Waals surface area contributed by atoms with Crippen LogP contribution in [0.3, 0.4) is 0 Å². The first kappa shape index (κ1) is 12.0. The van der Waals surface area contributed by atoms with Gasteiger partial charge in [0.2, 0.25) is 0 Å². The summed E-state index contributed by atoms with van der Waals surface area (Å²) in [7, 11) is 0. The number of rotatable bonds is 1. The second-order valence-electron chi connectivity index (χ2n) is 4.32. The Labute approximate surface area is 107 Å². The monoisotopic (exact) mass is 271 g/mol. The Morgan fingerprint density at radius 3 is 2.68 bits per heavy atom. The van der Waals surface area contributed by atoms with Crippen molar-refractivity contribution in [1.29, 1.82) is 0 Å². The number of alkyl halides is 2. The number of hydrogen-bond donors (Lipinski definition) is 1. The molecule has 19 heavy (non-hydrogen) atoms. The van der Waals surface area contributed by atoms with Crippen molar-refractivity contribution in [2.75, 3.05) is 19.8 Å². The molecule has 0 bridgehead atoms. The number of cyclic esters (lactones) is 1. The molecular weight excluding hydrogens is 260 g/mol. The van der Waals surface area contributed by atoms with E-state index in [4.69, 9.17) is 9.47 Å². The number of alkyl carbamates (subject to hydrolysis) is 1. The Morgan fingerprint density at radius 2 is 1.89 bits per heavy atom. The molecule has 2 aliphatic heterocycles. The standard InChI is InChI=1S/C12H11F2NO4/c13-12(14)6-19-11(16)15-10(12)7-1-2-8-9(5-7)18-4-3-17-8/h1-2,5,10H,3-4,6H2,(H,15,16)/t10-/m0/s1. The van der Waals surface area contributed by atoms with Gasteiger partial charge in [0, 0.05) is 0 Å². The molecule has 0 unspecified atom stereocenters. The zero-order chi connectivity index (χ0) is 13.5. The highest BCUT2D eigenvalue weighted by atomic mass is 19.3. The Hall–Kier alpha value is -2.05. The molecule has 2 aliphatic rings. The second kappa shape index (κ2) is 4.25. The van der Waals surface area contributed by atoms with Gasteiger partial charge in [0.25, 0.3) is 0 Å². The summed E-state index contributed by atoms with van der Waals surface area (Å²) in [6.07, 6.45) is -0.856. The molecule has 7 heteroatoms. The van der Waals surface area contributed by atoms with E-state index in [1.807, 2.05) is 0 Å². The summed E-state index contributed by atoms with van der Waals surface area (Å²) in [5, 5.41) is 2.12. The minimum Gasteiger partial charge on any atom is -0.486 e. The average molecular weight is 271 g/mol.